The zero-order chi connectivity index (χ0) is 15.1. The highest BCUT2D eigenvalue weighted by atomic mass is 32.2. The number of ketones is 1. The summed E-state index contributed by atoms with van der Waals surface area (Å²) in [5.74, 6) is 0.533. The van der Waals surface area contributed by atoms with Crippen LogP contribution < -0.4 is 5.32 Å². The zero-order valence-electron chi connectivity index (χ0n) is 11.8. The molecule has 1 N–H and O–H groups in total. The van der Waals surface area contributed by atoms with Crippen LogP contribution in [0.4, 0.5) is 5.69 Å². The number of nitrogens with one attached hydrogen (secondary N) is 1. The van der Waals surface area contributed by atoms with Crippen LogP contribution in [0.1, 0.15) is 15.9 Å². The van der Waals surface area contributed by atoms with Crippen molar-refractivity contribution in [2.45, 2.75) is 6.92 Å². The van der Waals surface area contributed by atoms with Crippen LogP contribution in [0.25, 0.3) is 0 Å². The summed E-state index contributed by atoms with van der Waals surface area (Å²) in [5, 5.41) is 2.81. The summed E-state index contributed by atoms with van der Waals surface area (Å²) in [4.78, 5) is 23.6. The number of thioether (sulfide) groups is 1. The molecule has 0 radical (unpaired) electrons. The van der Waals surface area contributed by atoms with Crippen LogP contribution in [0.15, 0.2) is 54.6 Å². The maximum absolute atomic E-state index is 11.9. The van der Waals surface area contributed by atoms with Crippen LogP contribution >= 0.6 is 11.8 Å². The molecule has 0 saturated carbocycles. The van der Waals surface area contributed by atoms with Gasteiger partial charge in [-0.15, -0.1) is 11.8 Å². The summed E-state index contributed by atoms with van der Waals surface area (Å²) in [6.07, 6.45) is 0. The molecule has 0 aliphatic carbocycles. The third kappa shape index (κ3) is 5.08. The molecule has 0 spiro atoms. The van der Waals surface area contributed by atoms with Crippen LogP contribution in [0.2, 0.25) is 0 Å². The van der Waals surface area contributed by atoms with Gasteiger partial charge in [0.1, 0.15) is 0 Å². The van der Waals surface area contributed by atoms with E-state index in [1.165, 1.54) is 11.8 Å². The first-order valence-electron chi connectivity index (χ1n) is 6.67. The van der Waals surface area contributed by atoms with Gasteiger partial charge >= 0.3 is 0 Å². The Hall–Kier alpha value is -2.07. The maximum atomic E-state index is 11.9. The van der Waals surface area contributed by atoms with Gasteiger partial charge in [-0.2, -0.15) is 0 Å². The molecule has 0 aliphatic rings. The van der Waals surface area contributed by atoms with Crippen molar-refractivity contribution in [3.05, 3.63) is 65.7 Å². The Bertz CT molecular complexity index is 608. The van der Waals surface area contributed by atoms with E-state index in [1.807, 2.05) is 49.4 Å². The van der Waals surface area contributed by atoms with Gasteiger partial charge in [-0.05, 0) is 19.1 Å². The lowest BCUT2D eigenvalue weighted by Gasteiger charge is -2.05. The lowest BCUT2D eigenvalue weighted by Crippen LogP contribution is -2.15. The Labute approximate surface area is 128 Å². The first-order valence-corrected chi connectivity index (χ1v) is 7.83. The normalized spacial score (nSPS) is 10.1. The smallest absolute Gasteiger partial charge is 0.234 e. The molecule has 2 aromatic rings. The fourth-order valence-electron chi connectivity index (χ4n) is 1.78. The van der Waals surface area contributed by atoms with E-state index in [2.05, 4.69) is 5.32 Å². The standard InChI is InChI=1S/C17H17NO2S/c1-13-7-9-15(10-8-13)18-17(20)12-21-11-16(19)14-5-3-2-4-6-14/h2-10H,11-12H2,1H3,(H,18,20). The number of anilines is 1. The molecule has 2 rings (SSSR count). The van der Waals surface area contributed by atoms with Crippen LogP contribution in [-0.2, 0) is 4.79 Å². The van der Waals surface area contributed by atoms with Crippen molar-refractivity contribution < 1.29 is 9.59 Å². The highest BCUT2D eigenvalue weighted by Gasteiger charge is 2.07. The van der Waals surface area contributed by atoms with E-state index >= 15 is 0 Å². The molecule has 0 bridgehead atoms. The van der Waals surface area contributed by atoms with Crippen molar-refractivity contribution in [3.8, 4) is 0 Å². The van der Waals surface area contributed by atoms with Crippen molar-refractivity contribution in [3.63, 3.8) is 0 Å². The van der Waals surface area contributed by atoms with Gasteiger partial charge in [-0.25, -0.2) is 0 Å². The Balaban J connectivity index is 1.74. The van der Waals surface area contributed by atoms with Crippen molar-refractivity contribution in [1.29, 1.82) is 0 Å². The minimum atomic E-state index is -0.0929. The lowest BCUT2D eigenvalue weighted by atomic mass is 10.2. The van der Waals surface area contributed by atoms with Gasteiger partial charge in [-0.3, -0.25) is 9.59 Å². The average molecular weight is 299 g/mol. The van der Waals surface area contributed by atoms with Crippen molar-refractivity contribution in [1.82, 2.24) is 0 Å². The van der Waals surface area contributed by atoms with Gasteiger partial charge in [0.2, 0.25) is 5.91 Å². The molecular formula is C17H17NO2S. The van der Waals surface area contributed by atoms with Crippen LogP contribution in [-0.4, -0.2) is 23.2 Å². The van der Waals surface area contributed by atoms with Gasteiger partial charge in [-0.1, -0.05) is 48.0 Å². The summed E-state index contributed by atoms with van der Waals surface area (Å²) < 4.78 is 0. The van der Waals surface area contributed by atoms with E-state index < -0.39 is 0 Å². The van der Waals surface area contributed by atoms with E-state index in [0.29, 0.717) is 11.3 Å². The lowest BCUT2D eigenvalue weighted by molar-refractivity contribution is -0.113. The first kappa shape index (κ1) is 15.3. The molecule has 0 atom stereocenters. The predicted molar refractivity (Wildman–Crippen MR) is 87.9 cm³/mol. The SMILES string of the molecule is Cc1ccc(NC(=O)CSCC(=O)c2ccccc2)cc1. The van der Waals surface area contributed by atoms with Crippen LogP contribution in [0, 0.1) is 6.92 Å². The van der Waals surface area contributed by atoms with Gasteiger partial charge in [0.25, 0.3) is 0 Å². The molecule has 4 heteroatoms. The van der Waals surface area contributed by atoms with Crippen molar-refractivity contribution in [2.75, 3.05) is 16.8 Å². The zero-order valence-corrected chi connectivity index (χ0v) is 12.7. The number of Topliss-reactive ketones (excluding diaryl/α,β-unsaturated/α-hetero) is 1. The molecule has 0 saturated heterocycles. The van der Waals surface area contributed by atoms with E-state index in [-0.39, 0.29) is 17.4 Å². The monoisotopic (exact) mass is 299 g/mol. The molecule has 0 aromatic heterocycles. The molecule has 3 nitrogen and oxygen atoms in total. The molecule has 0 heterocycles. The summed E-state index contributed by atoms with van der Waals surface area (Å²) in [6.45, 7) is 2.00. The first-order chi connectivity index (χ1) is 10.1. The predicted octanol–water partition coefficient (Wildman–Crippen LogP) is 3.55. The molecule has 0 fully saturated rings. The number of benzene rings is 2. The number of rotatable bonds is 6. The third-order valence-electron chi connectivity index (χ3n) is 2.90. The van der Waals surface area contributed by atoms with Crippen molar-refractivity contribution in [2.24, 2.45) is 0 Å². The summed E-state index contributed by atoms with van der Waals surface area (Å²) in [6, 6.07) is 16.7. The number of carbonyl (C=O) groups is 2. The molecule has 108 valence electrons. The number of carbonyl (C=O) groups excluding carboxylic acids is 2. The second-order valence-electron chi connectivity index (χ2n) is 4.70. The van der Waals surface area contributed by atoms with Crippen LogP contribution in [0.5, 0.6) is 0 Å². The third-order valence-corrected chi connectivity index (χ3v) is 3.83. The second-order valence-corrected chi connectivity index (χ2v) is 5.68. The Morgan fingerprint density at radius 2 is 1.62 bits per heavy atom. The Morgan fingerprint density at radius 1 is 0.952 bits per heavy atom. The number of hydrogen-bond donors (Lipinski definition) is 1. The second kappa shape index (κ2) is 7.64. The quantitative estimate of drug-likeness (QED) is 0.830. The highest BCUT2D eigenvalue weighted by molar-refractivity contribution is 8.00. The van der Waals surface area contributed by atoms with E-state index in [0.717, 1.165) is 11.3 Å². The van der Waals surface area contributed by atoms with Gasteiger partial charge in [0.15, 0.2) is 5.78 Å². The number of hydrogen-bond acceptors (Lipinski definition) is 3. The molecule has 2 aromatic carbocycles. The van der Waals surface area contributed by atoms with Gasteiger partial charge in [0, 0.05) is 11.3 Å². The van der Waals surface area contributed by atoms with E-state index in [1.54, 1.807) is 12.1 Å². The van der Waals surface area contributed by atoms with Crippen molar-refractivity contribution >= 4 is 29.1 Å². The fraction of sp³-hybridized carbons (Fsp3) is 0.176. The topological polar surface area (TPSA) is 46.2 Å². The van der Waals surface area contributed by atoms with Gasteiger partial charge < -0.3 is 5.32 Å². The van der Waals surface area contributed by atoms with Gasteiger partial charge in [0.05, 0.1) is 11.5 Å². The largest absolute Gasteiger partial charge is 0.325 e. The fourth-order valence-corrected chi connectivity index (χ4v) is 2.49. The molecule has 0 aliphatic heterocycles. The number of amides is 1. The van der Waals surface area contributed by atoms with E-state index in [4.69, 9.17) is 0 Å². The molecule has 0 unspecified atom stereocenters. The Kier molecular flexibility index (Phi) is 5.58. The average Bonchev–Trinajstić information content (AvgIpc) is 2.50. The maximum Gasteiger partial charge on any atom is 0.234 e. The summed E-state index contributed by atoms with van der Waals surface area (Å²) >= 11 is 1.33. The van der Waals surface area contributed by atoms with Crippen LogP contribution in [0.3, 0.4) is 0 Å². The minimum Gasteiger partial charge on any atom is -0.325 e. The molecule has 1 amide bonds. The van der Waals surface area contributed by atoms with E-state index in [9.17, 15) is 9.59 Å². The summed E-state index contributed by atoms with van der Waals surface area (Å²) in [5.41, 5.74) is 2.61. The summed E-state index contributed by atoms with van der Waals surface area (Å²) in [7, 11) is 0. The number of aryl methyl sites for hydroxylation is 1. The highest BCUT2D eigenvalue weighted by Crippen LogP contribution is 2.11. The molecular weight excluding hydrogens is 282 g/mol. The minimum absolute atomic E-state index is 0.0451. The molecule has 21 heavy (non-hydrogen) atoms. The Morgan fingerprint density at radius 3 is 2.29 bits per heavy atom.